The van der Waals surface area contributed by atoms with Gasteiger partial charge in [0.1, 0.15) is 5.60 Å². The summed E-state index contributed by atoms with van der Waals surface area (Å²) in [5.41, 5.74) is 2.79. The van der Waals surface area contributed by atoms with Crippen LogP contribution in [0, 0.1) is 32.6 Å². The van der Waals surface area contributed by atoms with E-state index in [0.29, 0.717) is 24.8 Å². The van der Waals surface area contributed by atoms with Gasteiger partial charge in [0.25, 0.3) is 0 Å². The Morgan fingerprint density at radius 3 is 2.81 bits per heavy atom. The lowest BCUT2D eigenvalue weighted by molar-refractivity contribution is -0.143. The molecular weight excluding hydrogens is 396 g/mol. The first-order chi connectivity index (χ1) is 14.8. The van der Waals surface area contributed by atoms with Crippen LogP contribution < -0.4 is 0 Å². The maximum absolute atomic E-state index is 13.4. The number of rotatable bonds is 5. The molecule has 4 heterocycles. The lowest BCUT2D eigenvalue weighted by atomic mass is 9.76. The number of ether oxygens (including phenoxy) is 1. The average Bonchev–Trinajstić information content (AvgIpc) is 3.46. The van der Waals surface area contributed by atoms with Gasteiger partial charge in [-0.1, -0.05) is 35.5 Å². The Kier molecular flexibility index (Phi) is 4.51. The van der Waals surface area contributed by atoms with Crippen molar-refractivity contribution in [3.8, 4) is 0 Å². The van der Waals surface area contributed by atoms with Crippen molar-refractivity contribution < 1.29 is 18.8 Å². The van der Waals surface area contributed by atoms with Crippen molar-refractivity contribution >= 4 is 11.8 Å². The summed E-state index contributed by atoms with van der Waals surface area (Å²) in [6, 6.07) is 6.25. The zero-order valence-corrected chi connectivity index (χ0v) is 18.2. The Labute approximate surface area is 180 Å². The number of aromatic nitrogens is 2. The van der Waals surface area contributed by atoms with Gasteiger partial charge in [0.2, 0.25) is 17.7 Å². The molecule has 0 radical (unpaired) electrons. The maximum atomic E-state index is 13.4. The standard InChI is InChI=1S/C23H26N4O4/c1-13-5-6-16(9-14(13)2)10-27-12-23-8-7-17(30-23)19(20(23)22(27)29)21(28)26(4)11-18-24-15(3)25-31-18/h5-9,17,19-20H,10-12H2,1-4H3/t17-,19+,20-,23-/m0/s1. The number of likely N-dealkylation sites (tertiary alicyclic amines) is 1. The summed E-state index contributed by atoms with van der Waals surface area (Å²) in [5, 5.41) is 3.77. The number of carbonyl (C=O) groups is 2. The molecule has 3 aliphatic rings. The van der Waals surface area contributed by atoms with Crippen LogP contribution >= 0.6 is 0 Å². The third kappa shape index (κ3) is 3.17. The molecule has 1 aromatic heterocycles. The summed E-state index contributed by atoms with van der Waals surface area (Å²) in [5.74, 6) is -0.320. The molecule has 3 aliphatic heterocycles. The van der Waals surface area contributed by atoms with Crippen LogP contribution in [0.3, 0.4) is 0 Å². The van der Waals surface area contributed by atoms with Crippen molar-refractivity contribution in [1.29, 1.82) is 0 Å². The van der Waals surface area contributed by atoms with Crippen LogP contribution in [-0.2, 0) is 27.4 Å². The van der Waals surface area contributed by atoms with E-state index in [2.05, 4.69) is 42.2 Å². The lowest BCUT2D eigenvalue weighted by Crippen LogP contribution is -2.44. The first kappa shape index (κ1) is 19.9. The Morgan fingerprint density at radius 1 is 1.29 bits per heavy atom. The molecule has 0 saturated carbocycles. The number of hydrogen-bond donors (Lipinski definition) is 0. The largest absolute Gasteiger partial charge is 0.360 e. The van der Waals surface area contributed by atoms with E-state index in [1.807, 2.05) is 17.1 Å². The van der Waals surface area contributed by atoms with E-state index in [1.54, 1.807) is 18.9 Å². The second-order valence-electron chi connectivity index (χ2n) is 8.94. The van der Waals surface area contributed by atoms with Gasteiger partial charge in [-0.2, -0.15) is 4.98 Å². The Bertz CT molecular complexity index is 1090. The van der Waals surface area contributed by atoms with Gasteiger partial charge in [-0.3, -0.25) is 9.59 Å². The smallest absolute Gasteiger partial charge is 0.246 e. The molecule has 1 spiro atoms. The van der Waals surface area contributed by atoms with Crippen LogP contribution in [0.15, 0.2) is 34.9 Å². The zero-order chi connectivity index (χ0) is 21.9. The molecule has 2 fully saturated rings. The van der Waals surface area contributed by atoms with Crippen molar-refractivity contribution in [2.45, 2.75) is 45.6 Å². The van der Waals surface area contributed by atoms with Crippen LogP contribution in [-0.4, -0.2) is 57.1 Å². The van der Waals surface area contributed by atoms with Crippen molar-refractivity contribution in [3.05, 3.63) is 58.8 Å². The molecule has 0 N–H and O–H groups in total. The Hall–Kier alpha value is -3.00. The highest BCUT2D eigenvalue weighted by atomic mass is 16.5. The SMILES string of the molecule is Cc1noc(CN(C)C(=O)[C@@H]2[C@@H]3C=C[C@@]4(CN(Cc5ccc(C)c(C)c5)C(=O)[C@H]24)O3)n1. The molecule has 2 amide bonds. The minimum absolute atomic E-state index is 0.0227. The summed E-state index contributed by atoms with van der Waals surface area (Å²) in [6.45, 7) is 7.05. The van der Waals surface area contributed by atoms with Gasteiger partial charge in [-0.15, -0.1) is 0 Å². The zero-order valence-electron chi connectivity index (χ0n) is 18.2. The van der Waals surface area contributed by atoms with Crippen molar-refractivity contribution in [1.82, 2.24) is 19.9 Å². The molecular formula is C23H26N4O4. The van der Waals surface area contributed by atoms with Gasteiger partial charge in [0.15, 0.2) is 5.82 Å². The number of aryl methyl sites for hydroxylation is 3. The van der Waals surface area contributed by atoms with Crippen molar-refractivity contribution in [2.24, 2.45) is 11.8 Å². The molecule has 0 aliphatic carbocycles. The second kappa shape index (κ2) is 7.02. The fourth-order valence-corrected chi connectivity index (χ4v) is 5.06. The number of benzene rings is 1. The van der Waals surface area contributed by atoms with Crippen LogP contribution in [0.2, 0.25) is 0 Å². The first-order valence-electron chi connectivity index (χ1n) is 10.5. The third-order valence-electron chi connectivity index (χ3n) is 6.73. The fraction of sp³-hybridized carbons (Fsp3) is 0.478. The summed E-state index contributed by atoms with van der Waals surface area (Å²) in [7, 11) is 1.69. The lowest BCUT2D eigenvalue weighted by Gasteiger charge is -2.27. The van der Waals surface area contributed by atoms with Crippen molar-refractivity contribution in [2.75, 3.05) is 13.6 Å². The van der Waals surface area contributed by atoms with Crippen LogP contribution in [0.1, 0.15) is 28.4 Å². The molecule has 8 nitrogen and oxygen atoms in total. The minimum Gasteiger partial charge on any atom is -0.360 e. The van der Waals surface area contributed by atoms with E-state index in [0.717, 1.165) is 5.56 Å². The topological polar surface area (TPSA) is 88.8 Å². The first-order valence-corrected chi connectivity index (χ1v) is 10.5. The molecule has 2 saturated heterocycles. The predicted molar refractivity (Wildman–Crippen MR) is 111 cm³/mol. The van der Waals surface area contributed by atoms with Crippen LogP contribution in [0.4, 0.5) is 0 Å². The number of amides is 2. The number of nitrogens with zero attached hydrogens (tertiary/aromatic N) is 4. The van der Waals surface area contributed by atoms with Crippen molar-refractivity contribution in [3.63, 3.8) is 0 Å². The normalized spacial score (nSPS) is 28.5. The highest BCUT2D eigenvalue weighted by Gasteiger charge is 2.67. The molecule has 0 unspecified atom stereocenters. The van der Waals surface area contributed by atoms with E-state index in [1.165, 1.54) is 11.1 Å². The Morgan fingerprint density at radius 2 is 2.10 bits per heavy atom. The van der Waals surface area contributed by atoms with E-state index in [-0.39, 0.29) is 24.5 Å². The maximum Gasteiger partial charge on any atom is 0.246 e. The quantitative estimate of drug-likeness (QED) is 0.684. The molecule has 31 heavy (non-hydrogen) atoms. The highest BCUT2D eigenvalue weighted by Crippen LogP contribution is 2.52. The van der Waals surface area contributed by atoms with Gasteiger partial charge in [0, 0.05) is 13.6 Å². The van der Waals surface area contributed by atoms with Gasteiger partial charge < -0.3 is 19.1 Å². The summed E-state index contributed by atoms with van der Waals surface area (Å²) < 4.78 is 11.4. The predicted octanol–water partition coefficient (Wildman–Crippen LogP) is 1.94. The summed E-state index contributed by atoms with van der Waals surface area (Å²) in [6.07, 6.45) is 3.53. The minimum atomic E-state index is -0.719. The van der Waals surface area contributed by atoms with Gasteiger partial charge in [0.05, 0.1) is 31.0 Å². The van der Waals surface area contributed by atoms with E-state index in [4.69, 9.17) is 9.26 Å². The fourth-order valence-electron chi connectivity index (χ4n) is 5.06. The van der Waals surface area contributed by atoms with E-state index in [9.17, 15) is 9.59 Å². The molecule has 2 bridgehead atoms. The summed E-state index contributed by atoms with van der Waals surface area (Å²) >= 11 is 0. The molecule has 4 atom stereocenters. The average molecular weight is 422 g/mol. The van der Waals surface area contributed by atoms with Gasteiger partial charge in [-0.05, 0) is 37.5 Å². The number of fused-ring (bicyclic) bond motifs is 1. The number of carbonyl (C=O) groups excluding carboxylic acids is 2. The molecule has 8 heteroatoms. The molecule has 162 valence electrons. The number of hydrogen-bond acceptors (Lipinski definition) is 6. The summed E-state index contributed by atoms with van der Waals surface area (Å²) in [4.78, 5) is 34.3. The van der Waals surface area contributed by atoms with Gasteiger partial charge >= 0.3 is 0 Å². The molecule has 2 aromatic rings. The van der Waals surface area contributed by atoms with Crippen LogP contribution in [0.25, 0.3) is 0 Å². The highest BCUT2D eigenvalue weighted by molar-refractivity contribution is 5.93. The molecule has 1 aromatic carbocycles. The third-order valence-corrected chi connectivity index (χ3v) is 6.73. The van der Waals surface area contributed by atoms with Crippen LogP contribution in [0.5, 0.6) is 0 Å². The van der Waals surface area contributed by atoms with E-state index < -0.39 is 17.4 Å². The van der Waals surface area contributed by atoms with E-state index >= 15 is 0 Å². The second-order valence-corrected chi connectivity index (χ2v) is 8.94. The molecule has 5 rings (SSSR count). The van der Waals surface area contributed by atoms with Gasteiger partial charge in [-0.25, -0.2) is 0 Å². The monoisotopic (exact) mass is 422 g/mol. The Balaban J connectivity index is 1.35.